The molecule has 1 N–H and O–H groups in total. The molecule has 0 spiro atoms. The summed E-state index contributed by atoms with van der Waals surface area (Å²) in [5, 5.41) is 3.52. The molecule has 0 radical (unpaired) electrons. The molecule has 1 aromatic heterocycles. The van der Waals surface area contributed by atoms with Gasteiger partial charge in [0.1, 0.15) is 5.75 Å². The van der Waals surface area contributed by atoms with Crippen molar-refractivity contribution >= 4 is 15.9 Å². The third kappa shape index (κ3) is 4.05. The highest BCUT2D eigenvalue weighted by molar-refractivity contribution is 9.10. The van der Waals surface area contributed by atoms with Crippen LogP contribution < -0.4 is 10.1 Å². The normalized spacial score (nSPS) is 12.2. The molecule has 0 bridgehead atoms. The summed E-state index contributed by atoms with van der Waals surface area (Å²) in [6.45, 7) is 7.73. The van der Waals surface area contributed by atoms with Gasteiger partial charge in [0, 0.05) is 10.7 Å². The largest absolute Gasteiger partial charge is 0.492 e. The SMILES string of the molecule is CCNC(c1cncc(OCC)c1)c1ccc(Br)c(C)c1. The maximum atomic E-state index is 5.56. The fraction of sp³-hybridized carbons (Fsp3) is 0.353. The van der Waals surface area contributed by atoms with Crippen molar-refractivity contribution in [1.29, 1.82) is 0 Å². The van der Waals surface area contributed by atoms with Crippen molar-refractivity contribution in [2.45, 2.75) is 26.8 Å². The lowest BCUT2D eigenvalue weighted by Crippen LogP contribution is -2.22. The van der Waals surface area contributed by atoms with E-state index < -0.39 is 0 Å². The highest BCUT2D eigenvalue weighted by Crippen LogP contribution is 2.27. The Balaban J connectivity index is 2.37. The summed E-state index contributed by atoms with van der Waals surface area (Å²) in [6, 6.07) is 8.60. The molecule has 1 unspecified atom stereocenters. The summed E-state index contributed by atoms with van der Waals surface area (Å²) in [5.74, 6) is 0.812. The lowest BCUT2D eigenvalue weighted by Gasteiger charge is -2.20. The number of rotatable bonds is 6. The van der Waals surface area contributed by atoms with Gasteiger partial charge in [-0.1, -0.05) is 35.0 Å². The van der Waals surface area contributed by atoms with Crippen molar-refractivity contribution in [2.24, 2.45) is 0 Å². The Morgan fingerprint density at radius 1 is 1.19 bits per heavy atom. The van der Waals surface area contributed by atoms with Crippen LogP contribution in [0.5, 0.6) is 5.75 Å². The molecule has 1 heterocycles. The maximum absolute atomic E-state index is 5.56. The van der Waals surface area contributed by atoms with Crippen LogP contribution in [-0.2, 0) is 0 Å². The average molecular weight is 349 g/mol. The quantitative estimate of drug-likeness (QED) is 0.847. The van der Waals surface area contributed by atoms with E-state index in [-0.39, 0.29) is 6.04 Å². The Bertz CT molecular complexity index is 601. The molecule has 2 aromatic rings. The third-order valence-corrected chi connectivity index (χ3v) is 4.19. The van der Waals surface area contributed by atoms with Crippen molar-refractivity contribution in [2.75, 3.05) is 13.2 Å². The number of nitrogens with one attached hydrogen (secondary N) is 1. The number of nitrogens with zero attached hydrogens (tertiary/aromatic N) is 1. The molecule has 0 fully saturated rings. The number of halogens is 1. The van der Waals surface area contributed by atoms with Crippen molar-refractivity contribution in [3.63, 3.8) is 0 Å². The number of hydrogen-bond acceptors (Lipinski definition) is 3. The molecule has 0 amide bonds. The van der Waals surface area contributed by atoms with E-state index in [0.717, 1.165) is 22.3 Å². The number of aryl methyl sites for hydroxylation is 1. The Labute approximate surface area is 134 Å². The van der Waals surface area contributed by atoms with Gasteiger partial charge in [-0.05, 0) is 49.2 Å². The average Bonchev–Trinajstić information content (AvgIpc) is 2.48. The lowest BCUT2D eigenvalue weighted by molar-refractivity contribution is 0.338. The fourth-order valence-electron chi connectivity index (χ4n) is 2.32. The van der Waals surface area contributed by atoms with Crippen LogP contribution in [0.25, 0.3) is 0 Å². The highest BCUT2D eigenvalue weighted by atomic mass is 79.9. The van der Waals surface area contributed by atoms with Gasteiger partial charge in [-0.2, -0.15) is 0 Å². The van der Waals surface area contributed by atoms with Crippen LogP contribution in [0.1, 0.15) is 36.6 Å². The molecule has 0 saturated carbocycles. The van der Waals surface area contributed by atoms with Gasteiger partial charge in [-0.3, -0.25) is 4.98 Å². The molecule has 112 valence electrons. The first kappa shape index (κ1) is 16.0. The molecule has 0 aliphatic heterocycles. The molecule has 0 aliphatic carbocycles. The van der Waals surface area contributed by atoms with E-state index in [4.69, 9.17) is 4.74 Å². The van der Waals surface area contributed by atoms with Crippen LogP contribution in [0.15, 0.2) is 41.1 Å². The van der Waals surface area contributed by atoms with Gasteiger partial charge >= 0.3 is 0 Å². The van der Waals surface area contributed by atoms with Gasteiger partial charge in [-0.25, -0.2) is 0 Å². The topological polar surface area (TPSA) is 34.2 Å². The number of ether oxygens (including phenoxy) is 1. The second-order valence-electron chi connectivity index (χ2n) is 4.89. The zero-order chi connectivity index (χ0) is 15.2. The van der Waals surface area contributed by atoms with E-state index >= 15 is 0 Å². The minimum Gasteiger partial charge on any atom is -0.492 e. The van der Waals surface area contributed by atoms with Crippen molar-refractivity contribution in [1.82, 2.24) is 10.3 Å². The minimum absolute atomic E-state index is 0.120. The Hall–Kier alpha value is -1.39. The van der Waals surface area contributed by atoms with Crippen LogP contribution in [0, 0.1) is 6.92 Å². The van der Waals surface area contributed by atoms with Crippen LogP contribution in [0.3, 0.4) is 0 Å². The standard InChI is InChI=1S/C17H21BrN2O/c1-4-20-17(13-6-7-16(18)12(3)8-13)14-9-15(21-5-2)11-19-10-14/h6-11,17,20H,4-5H2,1-3H3. The Morgan fingerprint density at radius 2 is 2.00 bits per heavy atom. The van der Waals surface area contributed by atoms with Crippen LogP contribution >= 0.6 is 15.9 Å². The van der Waals surface area contributed by atoms with Gasteiger partial charge in [-0.15, -0.1) is 0 Å². The molecule has 0 saturated heterocycles. The second-order valence-corrected chi connectivity index (χ2v) is 5.74. The Kier molecular flexibility index (Phi) is 5.76. The van der Waals surface area contributed by atoms with E-state index in [0.29, 0.717) is 6.61 Å². The summed E-state index contributed by atoms with van der Waals surface area (Å²) in [7, 11) is 0. The van der Waals surface area contributed by atoms with E-state index in [1.165, 1.54) is 11.1 Å². The summed E-state index contributed by atoms with van der Waals surface area (Å²) in [6.07, 6.45) is 3.65. The molecular weight excluding hydrogens is 328 g/mol. The zero-order valence-corrected chi connectivity index (χ0v) is 14.3. The maximum Gasteiger partial charge on any atom is 0.137 e. The molecule has 1 aromatic carbocycles. The molecular formula is C17H21BrN2O. The molecule has 2 rings (SSSR count). The minimum atomic E-state index is 0.120. The van der Waals surface area contributed by atoms with Crippen molar-refractivity contribution < 1.29 is 4.74 Å². The zero-order valence-electron chi connectivity index (χ0n) is 12.7. The summed E-state index contributed by atoms with van der Waals surface area (Å²) in [5.41, 5.74) is 3.57. The first-order chi connectivity index (χ1) is 10.2. The van der Waals surface area contributed by atoms with E-state index in [2.05, 4.69) is 64.3 Å². The molecule has 0 aliphatic rings. The number of aromatic nitrogens is 1. The predicted octanol–water partition coefficient (Wildman–Crippen LogP) is 4.25. The Morgan fingerprint density at radius 3 is 2.67 bits per heavy atom. The first-order valence-corrected chi connectivity index (χ1v) is 8.02. The molecule has 4 heteroatoms. The number of benzene rings is 1. The van der Waals surface area contributed by atoms with Gasteiger partial charge < -0.3 is 10.1 Å². The summed E-state index contributed by atoms with van der Waals surface area (Å²) in [4.78, 5) is 4.30. The second kappa shape index (κ2) is 7.57. The summed E-state index contributed by atoms with van der Waals surface area (Å²) < 4.78 is 6.68. The van der Waals surface area contributed by atoms with Crippen LogP contribution in [-0.4, -0.2) is 18.1 Å². The predicted molar refractivity (Wildman–Crippen MR) is 89.8 cm³/mol. The smallest absolute Gasteiger partial charge is 0.137 e. The van der Waals surface area contributed by atoms with Crippen LogP contribution in [0.2, 0.25) is 0 Å². The van der Waals surface area contributed by atoms with Crippen molar-refractivity contribution in [3.05, 3.63) is 57.8 Å². The van der Waals surface area contributed by atoms with E-state index in [1.54, 1.807) is 6.20 Å². The third-order valence-electron chi connectivity index (χ3n) is 3.30. The van der Waals surface area contributed by atoms with Crippen LogP contribution in [0.4, 0.5) is 0 Å². The molecule has 1 atom stereocenters. The first-order valence-electron chi connectivity index (χ1n) is 7.22. The molecule has 21 heavy (non-hydrogen) atoms. The lowest BCUT2D eigenvalue weighted by atomic mass is 9.98. The van der Waals surface area contributed by atoms with Gasteiger partial charge in [0.15, 0.2) is 0 Å². The van der Waals surface area contributed by atoms with Gasteiger partial charge in [0.2, 0.25) is 0 Å². The van der Waals surface area contributed by atoms with Gasteiger partial charge in [0.05, 0.1) is 18.8 Å². The van der Waals surface area contributed by atoms with E-state index in [9.17, 15) is 0 Å². The number of pyridine rings is 1. The van der Waals surface area contributed by atoms with Gasteiger partial charge in [0.25, 0.3) is 0 Å². The monoisotopic (exact) mass is 348 g/mol. The molecule has 3 nitrogen and oxygen atoms in total. The number of hydrogen-bond donors (Lipinski definition) is 1. The highest BCUT2D eigenvalue weighted by Gasteiger charge is 2.15. The summed E-state index contributed by atoms with van der Waals surface area (Å²) >= 11 is 3.55. The van der Waals surface area contributed by atoms with Crippen molar-refractivity contribution in [3.8, 4) is 5.75 Å². The van der Waals surface area contributed by atoms with E-state index in [1.807, 2.05) is 13.1 Å². The fourth-order valence-corrected chi connectivity index (χ4v) is 2.57.